The number of guanidine groups is 1. The van der Waals surface area contributed by atoms with E-state index in [1.807, 2.05) is 13.1 Å². The Balaban J connectivity index is 1.39. The monoisotopic (exact) mass is 362 g/mol. The number of aryl methyl sites for hydroxylation is 1. The lowest BCUT2D eigenvalue weighted by Crippen LogP contribution is -2.43. The Morgan fingerprint density at radius 1 is 1.33 bits per heavy atom. The minimum atomic E-state index is 0.360. The van der Waals surface area contributed by atoms with E-state index in [1.165, 1.54) is 28.3 Å². The van der Waals surface area contributed by atoms with Gasteiger partial charge in [-0.1, -0.05) is 12.1 Å². The molecule has 2 N–H and O–H groups in total. The number of fused-ring (bicyclic) bond motifs is 1. The van der Waals surface area contributed by atoms with Crippen molar-refractivity contribution >= 4 is 39.3 Å². The second kappa shape index (κ2) is 8.21. The molecule has 4 nitrogen and oxygen atoms in total. The van der Waals surface area contributed by atoms with Gasteiger partial charge in [-0.2, -0.15) is 11.8 Å². The molecule has 1 atom stereocenters. The maximum atomic E-state index is 4.69. The van der Waals surface area contributed by atoms with Gasteiger partial charge in [-0.15, -0.1) is 11.3 Å². The van der Waals surface area contributed by atoms with E-state index in [0.29, 0.717) is 4.75 Å². The molecule has 0 spiro atoms. The highest BCUT2D eigenvalue weighted by molar-refractivity contribution is 8.00. The van der Waals surface area contributed by atoms with Crippen molar-refractivity contribution in [3.63, 3.8) is 0 Å². The van der Waals surface area contributed by atoms with Gasteiger partial charge in [0.2, 0.25) is 0 Å². The summed E-state index contributed by atoms with van der Waals surface area (Å²) in [6.45, 7) is 4.24. The summed E-state index contributed by atoms with van der Waals surface area (Å²) in [6, 6.07) is 8.35. The third kappa shape index (κ3) is 4.63. The third-order valence-corrected chi connectivity index (χ3v) is 6.99. The van der Waals surface area contributed by atoms with Gasteiger partial charge in [-0.25, -0.2) is 4.98 Å². The topological polar surface area (TPSA) is 49.3 Å². The van der Waals surface area contributed by atoms with Crippen molar-refractivity contribution < 1.29 is 0 Å². The van der Waals surface area contributed by atoms with Crippen LogP contribution in [0, 0.1) is 0 Å². The summed E-state index contributed by atoms with van der Waals surface area (Å²) in [6.07, 6.45) is 4.69. The van der Waals surface area contributed by atoms with Crippen LogP contribution in [0.1, 0.15) is 31.2 Å². The first kappa shape index (κ1) is 17.5. The summed E-state index contributed by atoms with van der Waals surface area (Å²) in [4.78, 5) is 9.02. The van der Waals surface area contributed by atoms with Crippen LogP contribution >= 0.6 is 23.1 Å². The molecule has 1 saturated heterocycles. The van der Waals surface area contributed by atoms with Crippen LogP contribution in [-0.2, 0) is 6.42 Å². The Kier molecular flexibility index (Phi) is 6.00. The van der Waals surface area contributed by atoms with Crippen molar-refractivity contribution in [2.24, 2.45) is 4.99 Å². The fourth-order valence-corrected chi connectivity index (χ4v) is 5.19. The number of aromatic nitrogens is 1. The molecule has 0 saturated carbocycles. The van der Waals surface area contributed by atoms with Crippen LogP contribution < -0.4 is 10.6 Å². The summed E-state index contributed by atoms with van der Waals surface area (Å²) < 4.78 is 1.64. The highest BCUT2D eigenvalue weighted by Crippen LogP contribution is 2.36. The molecule has 0 radical (unpaired) electrons. The lowest BCUT2D eigenvalue weighted by Gasteiger charge is -2.24. The Labute approximate surface area is 152 Å². The summed E-state index contributed by atoms with van der Waals surface area (Å²) in [5, 5.41) is 8.12. The van der Waals surface area contributed by atoms with Crippen LogP contribution in [0.3, 0.4) is 0 Å². The smallest absolute Gasteiger partial charge is 0.191 e. The molecule has 130 valence electrons. The number of rotatable bonds is 6. The predicted octanol–water partition coefficient (Wildman–Crippen LogP) is 3.68. The zero-order valence-corrected chi connectivity index (χ0v) is 16.1. The predicted molar refractivity (Wildman–Crippen MR) is 107 cm³/mol. The van der Waals surface area contributed by atoms with Gasteiger partial charge in [0.15, 0.2) is 5.96 Å². The first-order valence-corrected chi connectivity index (χ1v) is 10.4. The van der Waals surface area contributed by atoms with Crippen LogP contribution in [0.5, 0.6) is 0 Å². The van der Waals surface area contributed by atoms with E-state index >= 15 is 0 Å². The molecule has 1 aliphatic rings. The van der Waals surface area contributed by atoms with Crippen LogP contribution in [0.4, 0.5) is 0 Å². The van der Waals surface area contributed by atoms with E-state index in [9.17, 15) is 0 Å². The number of thiazole rings is 1. The van der Waals surface area contributed by atoms with Gasteiger partial charge in [0.25, 0.3) is 0 Å². The lowest BCUT2D eigenvalue weighted by atomic mass is 10.1. The molecule has 0 amide bonds. The average molecular weight is 363 g/mol. The van der Waals surface area contributed by atoms with E-state index in [1.54, 1.807) is 11.3 Å². The molecule has 2 heterocycles. The molecule has 1 aromatic heterocycles. The van der Waals surface area contributed by atoms with E-state index in [2.05, 4.69) is 57.5 Å². The first-order chi connectivity index (χ1) is 11.7. The van der Waals surface area contributed by atoms with Crippen LogP contribution in [0.25, 0.3) is 10.2 Å². The SMILES string of the molecule is CN=C(NCCCc1nc2ccccc2s1)NCC1(C)CCCS1. The Morgan fingerprint density at radius 2 is 2.21 bits per heavy atom. The number of nitrogens with zero attached hydrogens (tertiary/aromatic N) is 2. The Bertz CT molecular complexity index is 656. The number of aliphatic imine (C=N–C) groups is 1. The molecular weight excluding hydrogens is 336 g/mol. The van der Waals surface area contributed by atoms with Crippen molar-refractivity contribution in [3.05, 3.63) is 29.3 Å². The fourth-order valence-electron chi connectivity index (χ4n) is 2.94. The van der Waals surface area contributed by atoms with Gasteiger partial charge in [0, 0.05) is 31.3 Å². The van der Waals surface area contributed by atoms with Gasteiger partial charge < -0.3 is 10.6 Å². The largest absolute Gasteiger partial charge is 0.356 e. The number of para-hydroxylation sites is 1. The molecule has 1 unspecified atom stereocenters. The maximum Gasteiger partial charge on any atom is 0.191 e. The molecular formula is C18H26N4S2. The third-order valence-electron chi connectivity index (χ3n) is 4.35. The fraction of sp³-hybridized carbons (Fsp3) is 0.556. The number of nitrogens with one attached hydrogen (secondary N) is 2. The number of hydrogen-bond acceptors (Lipinski definition) is 4. The van der Waals surface area contributed by atoms with Crippen molar-refractivity contribution in [1.82, 2.24) is 15.6 Å². The van der Waals surface area contributed by atoms with E-state index < -0.39 is 0 Å². The molecule has 24 heavy (non-hydrogen) atoms. The van der Waals surface area contributed by atoms with E-state index in [4.69, 9.17) is 0 Å². The highest BCUT2D eigenvalue weighted by atomic mass is 32.2. The number of benzene rings is 1. The Hall–Kier alpha value is -1.27. The van der Waals surface area contributed by atoms with Gasteiger partial charge in [-0.05, 0) is 44.1 Å². The van der Waals surface area contributed by atoms with Crippen molar-refractivity contribution in [1.29, 1.82) is 0 Å². The number of hydrogen-bond donors (Lipinski definition) is 2. The summed E-state index contributed by atoms with van der Waals surface area (Å²) in [5.74, 6) is 2.19. The molecule has 0 bridgehead atoms. The summed E-state index contributed by atoms with van der Waals surface area (Å²) >= 11 is 3.87. The summed E-state index contributed by atoms with van der Waals surface area (Å²) in [5.41, 5.74) is 1.12. The van der Waals surface area contributed by atoms with Crippen molar-refractivity contribution in [2.75, 3.05) is 25.9 Å². The van der Waals surface area contributed by atoms with Crippen LogP contribution in [-0.4, -0.2) is 41.6 Å². The normalized spacial score (nSPS) is 21.3. The minimum Gasteiger partial charge on any atom is -0.356 e. The molecule has 1 fully saturated rings. The molecule has 6 heteroatoms. The second-order valence-corrected chi connectivity index (χ2v) is 9.23. The molecule has 0 aliphatic carbocycles. The zero-order chi connectivity index (χ0) is 16.8. The first-order valence-electron chi connectivity index (χ1n) is 8.61. The highest BCUT2D eigenvalue weighted by Gasteiger charge is 2.29. The maximum absolute atomic E-state index is 4.69. The van der Waals surface area contributed by atoms with Gasteiger partial charge in [0.05, 0.1) is 15.2 Å². The molecule has 1 aromatic carbocycles. The van der Waals surface area contributed by atoms with Gasteiger partial charge in [-0.3, -0.25) is 4.99 Å². The van der Waals surface area contributed by atoms with Crippen molar-refractivity contribution in [3.8, 4) is 0 Å². The van der Waals surface area contributed by atoms with Crippen LogP contribution in [0.2, 0.25) is 0 Å². The van der Waals surface area contributed by atoms with E-state index in [0.717, 1.165) is 37.4 Å². The second-order valence-electron chi connectivity index (χ2n) is 6.43. The zero-order valence-electron chi connectivity index (χ0n) is 14.5. The standard InChI is InChI=1S/C18H26N4S2/c1-18(10-6-12-23-18)13-21-17(19-2)20-11-5-9-16-22-14-7-3-4-8-15(14)24-16/h3-4,7-8H,5-6,9-13H2,1-2H3,(H2,19,20,21). The summed E-state index contributed by atoms with van der Waals surface area (Å²) in [7, 11) is 1.84. The molecule has 3 rings (SSSR count). The van der Waals surface area contributed by atoms with E-state index in [-0.39, 0.29) is 0 Å². The minimum absolute atomic E-state index is 0.360. The molecule has 1 aliphatic heterocycles. The average Bonchev–Trinajstić information content (AvgIpc) is 3.20. The number of thioether (sulfide) groups is 1. The van der Waals surface area contributed by atoms with Crippen LogP contribution in [0.15, 0.2) is 29.3 Å². The Morgan fingerprint density at radius 3 is 2.96 bits per heavy atom. The lowest BCUT2D eigenvalue weighted by molar-refractivity contribution is 0.583. The van der Waals surface area contributed by atoms with Gasteiger partial charge >= 0.3 is 0 Å². The quantitative estimate of drug-likeness (QED) is 0.467. The van der Waals surface area contributed by atoms with Crippen molar-refractivity contribution in [2.45, 2.75) is 37.4 Å². The van der Waals surface area contributed by atoms with Gasteiger partial charge in [0.1, 0.15) is 0 Å². The molecule has 2 aromatic rings.